The first-order valence-corrected chi connectivity index (χ1v) is 9.61. The number of carbonyl (C=O) groups is 1. The summed E-state index contributed by atoms with van der Waals surface area (Å²) < 4.78 is 0.842. The normalized spacial score (nSPS) is 19.3. The average Bonchev–Trinajstić information content (AvgIpc) is 2.63. The van der Waals surface area contributed by atoms with Crippen LogP contribution in [0, 0.1) is 11.8 Å². The number of nitrogens with zero attached hydrogens (tertiary/aromatic N) is 1. The second-order valence-corrected chi connectivity index (χ2v) is 7.59. The number of aliphatic hydroxyl groups excluding tert-OH is 1. The number of hydrogen-bond acceptors (Lipinski definition) is 3. The summed E-state index contributed by atoms with van der Waals surface area (Å²) in [5.41, 5.74) is 1.79. The summed E-state index contributed by atoms with van der Waals surface area (Å²) in [5, 5.41) is 13.4. The molecule has 0 spiro atoms. The number of nitrogens with one attached hydrogen (secondary N) is 1. The zero-order valence-corrected chi connectivity index (χ0v) is 16.3. The average molecular weight is 434 g/mol. The zero-order chi connectivity index (χ0) is 18.5. The van der Waals surface area contributed by atoms with Crippen LogP contribution in [0.4, 0.5) is 0 Å². The van der Waals surface area contributed by atoms with Crippen molar-refractivity contribution in [2.24, 2.45) is 0 Å². The number of halogens is 2. The molecule has 0 unspecified atom stereocenters. The van der Waals surface area contributed by atoms with Crippen LogP contribution in [0.15, 0.2) is 41.1 Å². The maximum absolute atomic E-state index is 12.5. The number of aliphatic hydroxyl groups is 1. The second kappa shape index (κ2) is 8.68. The number of amides is 1. The molecule has 3 rings (SSSR count). The highest BCUT2D eigenvalue weighted by molar-refractivity contribution is 9.10. The first-order valence-electron chi connectivity index (χ1n) is 8.44. The predicted octanol–water partition coefficient (Wildman–Crippen LogP) is 3.93. The van der Waals surface area contributed by atoms with Crippen molar-refractivity contribution in [2.45, 2.75) is 37.8 Å². The topological polar surface area (TPSA) is 62.2 Å². The molecule has 1 fully saturated rings. The van der Waals surface area contributed by atoms with Crippen molar-refractivity contribution in [1.29, 1.82) is 0 Å². The van der Waals surface area contributed by atoms with Gasteiger partial charge in [-0.25, -0.2) is 0 Å². The lowest BCUT2D eigenvalue weighted by Crippen LogP contribution is -2.45. The Morgan fingerprint density at radius 3 is 2.81 bits per heavy atom. The van der Waals surface area contributed by atoms with Gasteiger partial charge in [0.2, 0.25) is 0 Å². The SMILES string of the molecule is O=C(N[C@H]1CCCC[C@@H]1O)c1ccc(Cl)c(C#Cc2cncc(Br)c2)c1. The van der Waals surface area contributed by atoms with Gasteiger partial charge >= 0.3 is 0 Å². The molecule has 1 aliphatic rings. The van der Waals surface area contributed by atoms with Gasteiger partial charge in [-0.05, 0) is 53.0 Å². The molecule has 134 valence electrons. The minimum atomic E-state index is -0.483. The minimum Gasteiger partial charge on any atom is -0.391 e. The molecule has 26 heavy (non-hydrogen) atoms. The Balaban J connectivity index is 1.78. The number of carbonyl (C=O) groups excluding carboxylic acids is 1. The molecule has 0 saturated heterocycles. The van der Waals surface area contributed by atoms with E-state index in [0.717, 1.165) is 35.7 Å². The van der Waals surface area contributed by atoms with E-state index in [4.69, 9.17) is 11.6 Å². The van der Waals surface area contributed by atoms with Gasteiger partial charge in [0.05, 0.1) is 17.2 Å². The second-order valence-electron chi connectivity index (χ2n) is 6.27. The molecule has 1 amide bonds. The van der Waals surface area contributed by atoms with Gasteiger partial charge in [0.1, 0.15) is 0 Å². The van der Waals surface area contributed by atoms with Gasteiger partial charge < -0.3 is 10.4 Å². The Kier molecular flexibility index (Phi) is 6.31. The summed E-state index contributed by atoms with van der Waals surface area (Å²) in [5.74, 6) is 5.77. The van der Waals surface area contributed by atoms with Crippen molar-refractivity contribution in [3.63, 3.8) is 0 Å². The first-order chi connectivity index (χ1) is 12.5. The predicted molar refractivity (Wildman–Crippen MR) is 105 cm³/mol. The van der Waals surface area contributed by atoms with Gasteiger partial charge in [0, 0.05) is 33.6 Å². The fraction of sp³-hybridized carbons (Fsp3) is 0.300. The van der Waals surface area contributed by atoms with Crippen LogP contribution in [0.1, 0.15) is 47.2 Å². The Morgan fingerprint density at radius 2 is 2.04 bits per heavy atom. The largest absolute Gasteiger partial charge is 0.391 e. The number of pyridine rings is 1. The van der Waals surface area contributed by atoms with E-state index in [1.54, 1.807) is 30.6 Å². The van der Waals surface area contributed by atoms with E-state index in [0.29, 0.717) is 16.1 Å². The summed E-state index contributed by atoms with van der Waals surface area (Å²) in [6, 6.07) is 6.66. The third kappa shape index (κ3) is 4.85. The first kappa shape index (κ1) is 18.9. The van der Waals surface area contributed by atoms with Crippen molar-refractivity contribution < 1.29 is 9.90 Å². The smallest absolute Gasteiger partial charge is 0.251 e. The van der Waals surface area contributed by atoms with Crippen LogP contribution in [0.25, 0.3) is 0 Å². The van der Waals surface area contributed by atoms with Gasteiger partial charge in [0.15, 0.2) is 0 Å². The van der Waals surface area contributed by atoms with E-state index < -0.39 is 6.10 Å². The Morgan fingerprint density at radius 1 is 1.23 bits per heavy atom. The molecule has 1 aliphatic carbocycles. The van der Waals surface area contributed by atoms with Crippen LogP contribution in [0.2, 0.25) is 5.02 Å². The maximum Gasteiger partial charge on any atom is 0.251 e. The molecule has 6 heteroatoms. The van der Waals surface area contributed by atoms with Crippen LogP contribution in [0.5, 0.6) is 0 Å². The minimum absolute atomic E-state index is 0.200. The third-order valence-corrected chi connectivity index (χ3v) is 5.08. The van der Waals surface area contributed by atoms with Crippen LogP contribution < -0.4 is 5.32 Å². The zero-order valence-electron chi connectivity index (χ0n) is 14.0. The summed E-state index contributed by atoms with van der Waals surface area (Å²) in [6.45, 7) is 0. The highest BCUT2D eigenvalue weighted by Gasteiger charge is 2.24. The van der Waals surface area contributed by atoms with Crippen molar-refractivity contribution in [2.75, 3.05) is 0 Å². The maximum atomic E-state index is 12.5. The highest BCUT2D eigenvalue weighted by atomic mass is 79.9. The molecule has 0 radical (unpaired) electrons. The molecular weight excluding hydrogens is 416 g/mol. The third-order valence-electron chi connectivity index (χ3n) is 4.32. The molecule has 1 saturated carbocycles. The van der Waals surface area contributed by atoms with E-state index in [9.17, 15) is 9.90 Å². The Bertz CT molecular complexity index is 876. The van der Waals surface area contributed by atoms with Crippen LogP contribution in [-0.4, -0.2) is 28.1 Å². The van der Waals surface area contributed by atoms with Gasteiger partial charge in [-0.2, -0.15) is 0 Å². The highest BCUT2D eigenvalue weighted by Crippen LogP contribution is 2.20. The van der Waals surface area contributed by atoms with E-state index in [1.165, 1.54) is 0 Å². The Labute approximate surface area is 166 Å². The van der Waals surface area contributed by atoms with Crippen LogP contribution >= 0.6 is 27.5 Å². The van der Waals surface area contributed by atoms with E-state index in [1.807, 2.05) is 6.07 Å². The molecule has 4 nitrogen and oxygen atoms in total. The van der Waals surface area contributed by atoms with Crippen molar-refractivity contribution in [3.8, 4) is 11.8 Å². The molecular formula is C20H18BrClN2O2. The van der Waals surface area contributed by atoms with E-state index >= 15 is 0 Å². The molecule has 2 aromatic rings. The van der Waals surface area contributed by atoms with Gasteiger partial charge in [-0.3, -0.25) is 9.78 Å². The molecule has 2 N–H and O–H groups in total. The number of benzene rings is 1. The van der Waals surface area contributed by atoms with Crippen molar-refractivity contribution in [1.82, 2.24) is 10.3 Å². The van der Waals surface area contributed by atoms with Crippen LogP contribution in [0.3, 0.4) is 0 Å². The lowest BCUT2D eigenvalue weighted by molar-refractivity contribution is 0.0717. The number of rotatable bonds is 2. The van der Waals surface area contributed by atoms with E-state index in [-0.39, 0.29) is 11.9 Å². The van der Waals surface area contributed by atoms with Gasteiger partial charge in [0.25, 0.3) is 5.91 Å². The van der Waals surface area contributed by atoms with Crippen LogP contribution in [-0.2, 0) is 0 Å². The number of hydrogen-bond donors (Lipinski definition) is 2. The molecule has 1 aromatic heterocycles. The standard InChI is InChI=1S/C20H18BrClN2O2/c21-16-9-13(11-23-12-16)5-6-14-10-15(7-8-17(14)22)20(26)24-18-3-1-2-4-19(18)25/h7-12,18-19,25H,1-4H2,(H,24,26)/t18-,19-/m0/s1. The molecule has 2 atom stereocenters. The molecule has 0 bridgehead atoms. The molecule has 1 aromatic carbocycles. The fourth-order valence-corrected chi connectivity index (χ4v) is 3.44. The molecule has 1 heterocycles. The summed E-state index contributed by atoms with van der Waals surface area (Å²) in [6.07, 6.45) is 6.39. The lowest BCUT2D eigenvalue weighted by atomic mass is 9.92. The fourth-order valence-electron chi connectivity index (χ4n) is 2.91. The molecule has 0 aliphatic heterocycles. The van der Waals surface area contributed by atoms with Crippen molar-refractivity contribution >= 4 is 33.4 Å². The van der Waals surface area contributed by atoms with E-state index in [2.05, 4.69) is 38.1 Å². The summed E-state index contributed by atoms with van der Waals surface area (Å²) >= 11 is 9.57. The van der Waals surface area contributed by atoms with Gasteiger partial charge in [-0.1, -0.05) is 36.3 Å². The Hall–Kier alpha value is -1.87. The van der Waals surface area contributed by atoms with Crippen molar-refractivity contribution in [3.05, 3.63) is 62.8 Å². The lowest BCUT2D eigenvalue weighted by Gasteiger charge is -2.28. The quantitative estimate of drug-likeness (QED) is 0.706. The summed E-state index contributed by atoms with van der Waals surface area (Å²) in [4.78, 5) is 16.6. The summed E-state index contributed by atoms with van der Waals surface area (Å²) in [7, 11) is 0. The monoisotopic (exact) mass is 432 g/mol. The number of aromatic nitrogens is 1. The van der Waals surface area contributed by atoms with Gasteiger partial charge in [-0.15, -0.1) is 0 Å².